The molecule has 5 heteroatoms. The van der Waals surface area contributed by atoms with E-state index in [0.717, 1.165) is 32.0 Å². The molecule has 3 rings (SSSR count). The van der Waals surface area contributed by atoms with Crippen LogP contribution in [0.25, 0.3) is 0 Å². The van der Waals surface area contributed by atoms with Gasteiger partial charge in [0, 0.05) is 37.3 Å². The van der Waals surface area contributed by atoms with E-state index < -0.39 is 0 Å². The molecular weight excluding hydrogens is 280 g/mol. The van der Waals surface area contributed by atoms with Gasteiger partial charge in [0.05, 0.1) is 0 Å². The van der Waals surface area contributed by atoms with Crippen LogP contribution in [0.5, 0.6) is 0 Å². The topological polar surface area (TPSA) is 62.6 Å². The third-order valence-electron chi connectivity index (χ3n) is 4.82. The average Bonchev–Trinajstić information content (AvgIpc) is 3.01. The zero-order valence-electron chi connectivity index (χ0n) is 13.1. The summed E-state index contributed by atoms with van der Waals surface area (Å²) in [4.78, 5) is 26.2. The van der Waals surface area contributed by atoms with Crippen LogP contribution >= 0.6 is 0 Å². The Morgan fingerprint density at radius 2 is 1.86 bits per heavy atom. The van der Waals surface area contributed by atoms with Gasteiger partial charge >= 0.3 is 0 Å². The van der Waals surface area contributed by atoms with Gasteiger partial charge in [-0.05, 0) is 32.6 Å². The number of carbonyl (C=O) groups is 1. The van der Waals surface area contributed by atoms with Crippen molar-refractivity contribution in [1.29, 1.82) is 0 Å². The van der Waals surface area contributed by atoms with Crippen molar-refractivity contribution in [3.05, 3.63) is 33.9 Å². The van der Waals surface area contributed by atoms with Gasteiger partial charge in [-0.3, -0.25) is 9.59 Å². The summed E-state index contributed by atoms with van der Waals surface area (Å²) in [7, 11) is 0. The van der Waals surface area contributed by atoms with E-state index in [4.69, 9.17) is 4.42 Å². The molecule has 5 nitrogen and oxygen atoms in total. The highest BCUT2D eigenvalue weighted by molar-refractivity contribution is 5.91. The predicted octanol–water partition coefficient (Wildman–Crippen LogP) is 2.09. The maximum atomic E-state index is 12.2. The Morgan fingerprint density at radius 1 is 1.18 bits per heavy atom. The summed E-state index contributed by atoms with van der Waals surface area (Å²) in [5.74, 6) is 0.303. The molecule has 0 radical (unpaired) electrons. The summed E-state index contributed by atoms with van der Waals surface area (Å²) in [5, 5.41) is 3.00. The summed E-state index contributed by atoms with van der Waals surface area (Å²) < 4.78 is 5.34. The van der Waals surface area contributed by atoms with Crippen molar-refractivity contribution in [3.63, 3.8) is 0 Å². The number of piperidine rings is 1. The van der Waals surface area contributed by atoms with E-state index in [0.29, 0.717) is 5.76 Å². The van der Waals surface area contributed by atoms with Crippen LogP contribution in [-0.2, 0) is 0 Å². The molecule has 2 aliphatic rings. The zero-order chi connectivity index (χ0) is 15.5. The number of nitrogens with zero attached hydrogens (tertiary/aromatic N) is 1. The first-order chi connectivity index (χ1) is 10.6. The average molecular weight is 304 g/mol. The Labute approximate surface area is 130 Å². The molecule has 0 aromatic carbocycles. The SMILES string of the molecule is Cc1cc(=O)cc(C(=O)NC2CCN(C3CCCC3)CC2)o1. The van der Waals surface area contributed by atoms with E-state index in [1.807, 2.05) is 0 Å². The molecule has 1 aromatic heterocycles. The number of hydrogen-bond acceptors (Lipinski definition) is 4. The first kappa shape index (κ1) is 15.3. The van der Waals surface area contributed by atoms with E-state index in [-0.39, 0.29) is 23.1 Å². The molecule has 0 spiro atoms. The molecule has 0 bridgehead atoms. The van der Waals surface area contributed by atoms with E-state index in [9.17, 15) is 9.59 Å². The maximum Gasteiger partial charge on any atom is 0.287 e. The number of amides is 1. The lowest BCUT2D eigenvalue weighted by Gasteiger charge is -2.36. The summed E-state index contributed by atoms with van der Waals surface area (Å²) in [5.41, 5.74) is -0.190. The molecule has 1 saturated carbocycles. The molecule has 2 heterocycles. The Bertz CT molecular complexity index is 582. The molecule has 2 fully saturated rings. The second kappa shape index (κ2) is 6.65. The van der Waals surface area contributed by atoms with Crippen LogP contribution in [0.4, 0.5) is 0 Å². The van der Waals surface area contributed by atoms with E-state index in [1.54, 1.807) is 6.92 Å². The van der Waals surface area contributed by atoms with E-state index in [2.05, 4.69) is 10.2 Å². The number of hydrogen-bond donors (Lipinski definition) is 1. The molecule has 1 N–H and O–H groups in total. The Balaban J connectivity index is 1.53. The molecule has 1 aliphatic carbocycles. The minimum Gasteiger partial charge on any atom is -0.456 e. The fraction of sp³-hybridized carbons (Fsp3) is 0.647. The lowest BCUT2D eigenvalue weighted by molar-refractivity contribution is 0.0861. The van der Waals surface area contributed by atoms with Crippen molar-refractivity contribution < 1.29 is 9.21 Å². The van der Waals surface area contributed by atoms with E-state index in [1.165, 1.54) is 37.8 Å². The molecule has 1 amide bonds. The molecule has 1 saturated heterocycles. The van der Waals surface area contributed by atoms with Crippen LogP contribution in [0.2, 0.25) is 0 Å². The van der Waals surface area contributed by atoms with Gasteiger partial charge in [-0.15, -0.1) is 0 Å². The Morgan fingerprint density at radius 3 is 2.50 bits per heavy atom. The van der Waals surface area contributed by atoms with Crippen molar-refractivity contribution in [2.45, 2.75) is 57.5 Å². The van der Waals surface area contributed by atoms with Crippen molar-refractivity contribution in [2.75, 3.05) is 13.1 Å². The monoisotopic (exact) mass is 304 g/mol. The van der Waals surface area contributed by atoms with Crippen LogP contribution in [-0.4, -0.2) is 36.0 Å². The molecule has 0 unspecified atom stereocenters. The summed E-state index contributed by atoms with van der Waals surface area (Å²) in [6.45, 7) is 3.78. The van der Waals surface area contributed by atoms with Gasteiger partial charge in [-0.1, -0.05) is 12.8 Å². The third-order valence-corrected chi connectivity index (χ3v) is 4.82. The van der Waals surface area contributed by atoms with Gasteiger partial charge in [-0.25, -0.2) is 0 Å². The lowest BCUT2D eigenvalue weighted by atomic mass is 10.0. The van der Waals surface area contributed by atoms with Crippen molar-refractivity contribution in [2.24, 2.45) is 0 Å². The summed E-state index contributed by atoms with van der Waals surface area (Å²) in [6, 6.07) is 3.58. The highest BCUT2D eigenvalue weighted by Crippen LogP contribution is 2.26. The smallest absolute Gasteiger partial charge is 0.287 e. The van der Waals surface area contributed by atoms with Gasteiger partial charge in [0.25, 0.3) is 5.91 Å². The lowest BCUT2D eigenvalue weighted by Crippen LogP contribution is -2.47. The fourth-order valence-corrected chi connectivity index (χ4v) is 3.65. The van der Waals surface area contributed by atoms with E-state index >= 15 is 0 Å². The van der Waals surface area contributed by atoms with Gasteiger partial charge in [0.2, 0.25) is 0 Å². The van der Waals surface area contributed by atoms with Crippen LogP contribution < -0.4 is 10.7 Å². The van der Waals surface area contributed by atoms with Crippen LogP contribution in [0.1, 0.15) is 54.8 Å². The van der Waals surface area contributed by atoms with Crippen molar-refractivity contribution in [3.8, 4) is 0 Å². The Kier molecular flexibility index (Phi) is 4.62. The third kappa shape index (κ3) is 3.58. The maximum absolute atomic E-state index is 12.2. The summed E-state index contributed by atoms with van der Waals surface area (Å²) in [6.07, 6.45) is 7.30. The molecule has 1 aliphatic heterocycles. The van der Waals surface area contributed by atoms with Crippen LogP contribution in [0.15, 0.2) is 21.3 Å². The Hall–Kier alpha value is -1.62. The minimum absolute atomic E-state index is 0.114. The predicted molar refractivity (Wildman–Crippen MR) is 84.0 cm³/mol. The number of nitrogens with one attached hydrogen (secondary N) is 1. The standard InChI is InChI=1S/C17H24N2O3/c1-12-10-15(20)11-16(22-12)17(21)18-13-6-8-19(9-7-13)14-4-2-3-5-14/h10-11,13-14H,2-9H2,1H3,(H,18,21). The quantitative estimate of drug-likeness (QED) is 0.929. The van der Waals surface area contributed by atoms with Gasteiger partial charge in [0.1, 0.15) is 5.76 Å². The fourth-order valence-electron chi connectivity index (χ4n) is 3.65. The number of aryl methyl sites for hydroxylation is 1. The number of carbonyl (C=O) groups excluding carboxylic acids is 1. The first-order valence-corrected chi connectivity index (χ1v) is 8.28. The van der Waals surface area contributed by atoms with Crippen molar-refractivity contribution >= 4 is 5.91 Å². The van der Waals surface area contributed by atoms with Crippen LogP contribution in [0.3, 0.4) is 0 Å². The number of likely N-dealkylation sites (tertiary alicyclic amines) is 1. The molecule has 0 atom stereocenters. The normalized spacial score (nSPS) is 21.1. The van der Waals surface area contributed by atoms with Crippen molar-refractivity contribution in [1.82, 2.24) is 10.2 Å². The highest BCUT2D eigenvalue weighted by atomic mass is 16.3. The van der Waals surface area contributed by atoms with Crippen LogP contribution in [0, 0.1) is 6.92 Å². The molecular formula is C17H24N2O3. The second-order valence-electron chi connectivity index (χ2n) is 6.49. The molecule has 120 valence electrons. The number of rotatable bonds is 3. The van der Waals surface area contributed by atoms with Gasteiger partial charge in [-0.2, -0.15) is 0 Å². The summed E-state index contributed by atoms with van der Waals surface area (Å²) >= 11 is 0. The minimum atomic E-state index is -0.278. The first-order valence-electron chi connectivity index (χ1n) is 8.28. The molecule has 22 heavy (non-hydrogen) atoms. The zero-order valence-corrected chi connectivity index (χ0v) is 13.1. The largest absolute Gasteiger partial charge is 0.456 e. The highest BCUT2D eigenvalue weighted by Gasteiger charge is 2.28. The molecule has 1 aromatic rings. The van der Waals surface area contributed by atoms with Gasteiger partial charge in [0.15, 0.2) is 11.2 Å². The van der Waals surface area contributed by atoms with Gasteiger partial charge < -0.3 is 14.6 Å². The second-order valence-corrected chi connectivity index (χ2v) is 6.49.